The summed E-state index contributed by atoms with van der Waals surface area (Å²) in [4.78, 5) is 26.4. The number of ether oxygens (including phenoxy) is 3. The molecule has 7 nitrogen and oxygen atoms in total. The topological polar surface area (TPSA) is 77.1 Å². The maximum absolute atomic E-state index is 12.8. The molecule has 1 unspecified atom stereocenters. The smallest absolute Gasteiger partial charge is 0.407 e. The van der Waals surface area contributed by atoms with Crippen LogP contribution in [0, 0.1) is 0 Å². The molecule has 7 heteroatoms. The van der Waals surface area contributed by atoms with E-state index in [1.54, 1.807) is 23.1 Å². The molecule has 136 valence electrons. The number of amides is 2. The lowest BCUT2D eigenvalue weighted by atomic mass is 10.1. The van der Waals surface area contributed by atoms with Gasteiger partial charge >= 0.3 is 6.09 Å². The number of hydrogen-bond acceptors (Lipinski definition) is 5. The summed E-state index contributed by atoms with van der Waals surface area (Å²) < 4.78 is 15.9. The largest absolute Gasteiger partial charge is 0.454 e. The van der Waals surface area contributed by atoms with E-state index in [0.29, 0.717) is 30.2 Å². The summed E-state index contributed by atoms with van der Waals surface area (Å²) in [6.45, 7) is 6.69. The molecule has 0 aliphatic carbocycles. The van der Waals surface area contributed by atoms with Crippen LogP contribution < -0.4 is 14.8 Å². The molecule has 1 aromatic carbocycles. The van der Waals surface area contributed by atoms with Gasteiger partial charge in [-0.3, -0.25) is 4.79 Å². The molecule has 2 aliphatic rings. The monoisotopic (exact) mass is 348 g/mol. The van der Waals surface area contributed by atoms with Crippen LogP contribution in [0.3, 0.4) is 0 Å². The fraction of sp³-hybridized carbons (Fsp3) is 0.556. The molecule has 2 heterocycles. The summed E-state index contributed by atoms with van der Waals surface area (Å²) in [7, 11) is 0. The Kier molecular flexibility index (Phi) is 4.74. The van der Waals surface area contributed by atoms with Crippen molar-refractivity contribution >= 4 is 12.0 Å². The Balaban J connectivity index is 1.61. The van der Waals surface area contributed by atoms with E-state index in [-0.39, 0.29) is 18.7 Å². The van der Waals surface area contributed by atoms with Crippen molar-refractivity contribution in [3.63, 3.8) is 0 Å². The predicted molar refractivity (Wildman–Crippen MR) is 90.9 cm³/mol. The van der Waals surface area contributed by atoms with Crippen LogP contribution in [0.25, 0.3) is 0 Å². The normalized spacial score (nSPS) is 19.0. The van der Waals surface area contributed by atoms with E-state index >= 15 is 0 Å². The summed E-state index contributed by atoms with van der Waals surface area (Å²) in [6.07, 6.45) is 1.30. The van der Waals surface area contributed by atoms with Crippen molar-refractivity contribution in [2.24, 2.45) is 0 Å². The van der Waals surface area contributed by atoms with Crippen molar-refractivity contribution in [1.82, 2.24) is 10.2 Å². The number of carbonyl (C=O) groups is 2. The lowest BCUT2D eigenvalue weighted by Crippen LogP contribution is -2.44. The van der Waals surface area contributed by atoms with Gasteiger partial charge in [-0.05, 0) is 51.8 Å². The Morgan fingerprint density at radius 3 is 2.80 bits per heavy atom. The van der Waals surface area contributed by atoms with Gasteiger partial charge in [0.1, 0.15) is 5.60 Å². The second kappa shape index (κ2) is 6.82. The van der Waals surface area contributed by atoms with Crippen LogP contribution in [-0.4, -0.2) is 48.4 Å². The third-order valence-corrected chi connectivity index (χ3v) is 4.14. The van der Waals surface area contributed by atoms with Crippen LogP contribution in [0.4, 0.5) is 4.79 Å². The van der Waals surface area contributed by atoms with Crippen molar-refractivity contribution in [3.8, 4) is 11.5 Å². The van der Waals surface area contributed by atoms with Gasteiger partial charge < -0.3 is 24.4 Å². The molecular formula is C18H24N2O5. The van der Waals surface area contributed by atoms with E-state index < -0.39 is 11.7 Å². The second-order valence-electron chi connectivity index (χ2n) is 7.25. The van der Waals surface area contributed by atoms with E-state index in [9.17, 15) is 9.59 Å². The third kappa shape index (κ3) is 4.15. The molecule has 0 spiro atoms. The Morgan fingerprint density at radius 2 is 2.04 bits per heavy atom. The van der Waals surface area contributed by atoms with E-state index in [0.717, 1.165) is 12.8 Å². The number of alkyl carbamates (subject to hydrolysis) is 1. The SMILES string of the molecule is CC(C)(C)OC(=O)NCC1CCCN1C(=O)c1ccc2c(c1)OCO2. The molecule has 3 rings (SSSR count). The molecule has 1 N–H and O–H groups in total. The average Bonchev–Trinajstić information content (AvgIpc) is 3.18. The fourth-order valence-corrected chi connectivity index (χ4v) is 3.03. The highest BCUT2D eigenvalue weighted by molar-refractivity contribution is 5.95. The number of benzene rings is 1. The summed E-state index contributed by atoms with van der Waals surface area (Å²) in [5.74, 6) is 1.18. The van der Waals surface area contributed by atoms with Crippen LogP contribution in [0.2, 0.25) is 0 Å². The first-order valence-corrected chi connectivity index (χ1v) is 8.51. The van der Waals surface area contributed by atoms with Gasteiger partial charge in [0.15, 0.2) is 11.5 Å². The number of fused-ring (bicyclic) bond motifs is 1. The molecule has 1 atom stereocenters. The standard InChI is InChI=1S/C18H24N2O5/c1-18(2,3)25-17(22)19-10-13-5-4-8-20(13)16(21)12-6-7-14-15(9-12)24-11-23-14/h6-7,9,13H,4-5,8,10-11H2,1-3H3,(H,19,22). The van der Waals surface area contributed by atoms with E-state index in [4.69, 9.17) is 14.2 Å². The highest BCUT2D eigenvalue weighted by Crippen LogP contribution is 2.33. The zero-order valence-corrected chi connectivity index (χ0v) is 14.8. The Morgan fingerprint density at radius 1 is 1.28 bits per heavy atom. The van der Waals surface area contributed by atoms with Gasteiger partial charge in [0, 0.05) is 24.7 Å². The van der Waals surface area contributed by atoms with Crippen molar-refractivity contribution < 1.29 is 23.8 Å². The molecule has 2 amide bonds. The van der Waals surface area contributed by atoms with Gasteiger partial charge in [-0.1, -0.05) is 0 Å². The van der Waals surface area contributed by atoms with Gasteiger partial charge in [-0.2, -0.15) is 0 Å². The Labute approximate surface area is 147 Å². The molecule has 25 heavy (non-hydrogen) atoms. The first-order valence-electron chi connectivity index (χ1n) is 8.51. The van der Waals surface area contributed by atoms with Crippen molar-refractivity contribution in [2.75, 3.05) is 19.9 Å². The van der Waals surface area contributed by atoms with Gasteiger partial charge in [-0.15, -0.1) is 0 Å². The van der Waals surface area contributed by atoms with Gasteiger partial charge in [0.05, 0.1) is 0 Å². The highest BCUT2D eigenvalue weighted by atomic mass is 16.7. The summed E-state index contributed by atoms with van der Waals surface area (Å²) >= 11 is 0. The van der Waals surface area contributed by atoms with E-state index in [1.807, 2.05) is 20.8 Å². The molecule has 0 aromatic heterocycles. The summed E-state index contributed by atoms with van der Waals surface area (Å²) in [5.41, 5.74) is 0.0234. The third-order valence-electron chi connectivity index (χ3n) is 4.14. The average molecular weight is 348 g/mol. The molecule has 0 saturated carbocycles. The highest BCUT2D eigenvalue weighted by Gasteiger charge is 2.31. The van der Waals surface area contributed by atoms with Gasteiger partial charge in [0.2, 0.25) is 6.79 Å². The molecule has 0 radical (unpaired) electrons. The Bertz CT molecular complexity index is 668. The minimum atomic E-state index is -0.540. The van der Waals surface area contributed by atoms with Crippen molar-refractivity contribution in [1.29, 1.82) is 0 Å². The predicted octanol–water partition coefficient (Wildman–Crippen LogP) is 2.54. The van der Waals surface area contributed by atoms with E-state index in [1.165, 1.54) is 0 Å². The minimum Gasteiger partial charge on any atom is -0.454 e. The molecule has 0 bridgehead atoms. The number of nitrogens with one attached hydrogen (secondary N) is 1. The number of rotatable bonds is 3. The number of hydrogen-bond donors (Lipinski definition) is 1. The number of carbonyl (C=O) groups excluding carboxylic acids is 2. The number of likely N-dealkylation sites (tertiary alicyclic amines) is 1. The maximum atomic E-state index is 12.8. The number of nitrogens with zero attached hydrogens (tertiary/aromatic N) is 1. The first-order chi connectivity index (χ1) is 11.8. The minimum absolute atomic E-state index is 0.0366. The van der Waals surface area contributed by atoms with Crippen LogP contribution in [0.1, 0.15) is 44.0 Å². The van der Waals surface area contributed by atoms with Crippen molar-refractivity contribution in [2.45, 2.75) is 45.3 Å². The first kappa shape index (κ1) is 17.4. The summed E-state index contributed by atoms with van der Waals surface area (Å²) in [6, 6.07) is 5.17. The molecule has 2 aliphatic heterocycles. The molecule has 1 aromatic rings. The summed E-state index contributed by atoms with van der Waals surface area (Å²) in [5, 5.41) is 2.76. The lowest BCUT2D eigenvalue weighted by molar-refractivity contribution is 0.0501. The maximum Gasteiger partial charge on any atom is 0.407 e. The van der Waals surface area contributed by atoms with Crippen LogP contribution >= 0.6 is 0 Å². The molecule has 1 saturated heterocycles. The van der Waals surface area contributed by atoms with Gasteiger partial charge in [0.25, 0.3) is 5.91 Å². The van der Waals surface area contributed by atoms with Crippen LogP contribution in [0.5, 0.6) is 11.5 Å². The molecule has 1 fully saturated rings. The van der Waals surface area contributed by atoms with E-state index in [2.05, 4.69) is 5.32 Å². The Hall–Kier alpha value is -2.44. The lowest BCUT2D eigenvalue weighted by Gasteiger charge is -2.26. The second-order valence-corrected chi connectivity index (χ2v) is 7.25. The van der Waals surface area contributed by atoms with Crippen molar-refractivity contribution in [3.05, 3.63) is 23.8 Å². The quantitative estimate of drug-likeness (QED) is 0.908. The fourth-order valence-electron chi connectivity index (χ4n) is 3.03. The van der Waals surface area contributed by atoms with Crippen LogP contribution in [-0.2, 0) is 4.74 Å². The van der Waals surface area contributed by atoms with Crippen LogP contribution in [0.15, 0.2) is 18.2 Å². The van der Waals surface area contributed by atoms with Gasteiger partial charge in [-0.25, -0.2) is 4.79 Å². The zero-order chi connectivity index (χ0) is 18.0. The zero-order valence-electron chi connectivity index (χ0n) is 14.8. The molecular weight excluding hydrogens is 324 g/mol.